The summed E-state index contributed by atoms with van der Waals surface area (Å²) in [5.41, 5.74) is 3.33. The van der Waals surface area contributed by atoms with E-state index in [1.807, 2.05) is 19.2 Å². The minimum absolute atomic E-state index is 0.477. The normalized spacial score (nSPS) is 11.1. The lowest BCUT2D eigenvalue weighted by Gasteiger charge is -2.10. The van der Waals surface area contributed by atoms with Gasteiger partial charge in [-0.3, -0.25) is 0 Å². The van der Waals surface area contributed by atoms with Crippen molar-refractivity contribution >= 4 is 11.8 Å². The van der Waals surface area contributed by atoms with Crippen LogP contribution in [0.1, 0.15) is 30.7 Å². The average molecular weight is 288 g/mol. The average Bonchev–Trinajstić information content (AvgIpc) is 2.39. The van der Waals surface area contributed by atoms with Gasteiger partial charge in [0.25, 0.3) is 0 Å². The SMILES string of the molecule is Cc1ccnc(Sc2ncc(CNC(C)C)cc2C)n1. The van der Waals surface area contributed by atoms with E-state index in [2.05, 4.69) is 47.1 Å². The summed E-state index contributed by atoms with van der Waals surface area (Å²) in [5.74, 6) is 0. The van der Waals surface area contributed by atoms with Gasteiger partial charge in [0.05, 0.1) is 0 Å². The number of hydrogen-bond acceptors (Lipinski definition) is 5. The van der Waals surface area contributed by atoms with E-state index in [0.717, 1.165) is 28.0 Å². The predicted molar refractivity (Wildman–Crippen MR) is 81.8 cm³/mol. The molecule has 5 heteroatoms. The van der Waals surface area contributed by atoms with Gasteiger partial charge in [-0.05, 0) is 42.8 Å². The molecule has 4 nitrogen and oxygen atoms in total. The van der Waals surface area contributed by atoms with E-state index in [1.54, 1.807) is 6.20 Å². The summed E-state index contributed by atoms with van der Waals surface area (Å²) in [4.78, 5) is 13.2. The fourth-order valence-electron chi connectivity index (χ4n) is 1.71. The van der Waals surface area contributed by atoms with Crippen molar-refractivity contribution in [2.45, 2.75) is 50.5 Å². The van der Waals surface area contributed by atoms with E-state index in [4.69, 9.17) is 0 Å². The highest BCUT2D eigenvalue weighted by Crippen LogP contribution is 2.25. The van der Waals surface area contributed by atoms with Crippen LogP contribution in [-0.4, -0.2) is 21.0 Å². The lowest BCUT2D eigenvalue weighted by atomic mass is 10.2. The highest BCUT2D eigenvalue weighted by atomic mass is 32.2. The molecule has 2 heterocycles. The minimum Gasteiger partial charge on any atom is -0.310 e. The molecule has 0 unspecified atom stereocenters. The lowest BCUT2D eigenvalue weighted by Crippen LogP contribution is -2.21. The molecule has 0 saturated heterocycles. The van der Waals surface area contributed by atoms with Crippen molar-refractivity contribution in [2.24, 2.45) is 0 Å². The number of pyridine rings is 1. The van der Waals surface area contributed by atoms with Crippen molar-refractivity contribution in [3.8, 4) is 0 Å². The Morgan fingerprint density at radius 1 is 1.25 bits per heavy atom. The third kappa shape index (κ3) is 4.28. The fourth-order valence-corrected chi connectivity index (χ4v) is 2.51. The number of aryl methyl sites for hydroxylation is 2. The zero-order valence-corrected chi connectivity index (χ0v) is 13.2. The second-order valence-corrected chi connectivity index (χ2v) is 6.04. The molecule has 0 atom stereocenters. The van der Waals surface area contributed by atoms with Gasteiger partial charge in [0.2, 0.25) is 0 Å². The summed E-state index contributed by atoms with van der Waals surface area (Å²) in [7, 11) is 0. The smallest absolute Gasteiger partial charge is 0.194 e. The largest absolute Gasteiger partial charge is 0.310 e. The fraction of sp³-hybridized carbons (Fsp3) is 0.400. The van der Waals surface area contributed by atoms with Crippen LogP contribution in [0.2, 0.25) is 0 Å². The number of rotatable bonds is 5. The molecular weight excluding hydrogens is 268 g/mol. The standard InChI is InChI=1S/C15H20N4S/c1-10(2)17-8-13-7-11(3)14(18-9-13)20-15-16-6-5-12(4)19-15/h5-7,9-10,17H,8H2,1-4H3. The van der Waals surface area contributed by atoms with Crippen molar-refractivity contribution in [3.63, 3.8) is 0 Å². The van der Waals surface area contributed by atoms with Crippen molar-refractivity contribution in [3.05, 3.63) is 41.3 Å². The van der Waals surface area contributed by atoms with Crippen LogP contribution in [0.3, 0.4) is 0 Å². The van der Waals surface area contributed by atoms with Crippen molar-refractivity contribution in [2.75, 3.05) is 0 Å². The Hall–Kier alpha value is -1.46. The number of aromatic nitrogens is 3. The number of nitrogens with one attached hydrogen (secondary N) is 1. The topological polar surface area (TPSA) is 50.7 Å². The number of nitrogens with zero attached hydrogens (tertiary/aromatic N) is 3. The third-order valence-corrected chi connectivity index (χ3v) is 3.76. The van der Waals surface area contributed by atoms with E-state index < -0.39 is 0 Å². The van der Waals surface area contributed by atoms with E-state index in [9.17, 15) is 0 Å². The molecule has 0 aliphatic carbocycles. The van der Waals surface area contributed by atoms with Gasteiger partial charge in [-0.2, -0.15) is 0 Å². The van der Waals surface area contributed by atoms with Crippen LogP contribution in [0.15, 0.2) is 34.7 Å². The quantitative estimate of drug-likeness (QED) is 0.857. The summed E-state index contributed by atoms with van der Waals surface area (Å²) in [6.45, 7) is 9.16. The van der Waals surface area contributed by atoms with Gasteiger partial charge in [0.1, 0.15) is 5.03 Å². The van der Waals surface area contributed by atoms with Gasteiger partial charge in [0.15, 0.2) is 5.16 Å². The summed E-state index contributed by atoms with van der Waals surface area (Å²) in [5, 5.41) is 5.10. The maximum Gasteiger partial charge on any atom is 0.194 e. The summed E-state index contributed by atoms with van der Waals surface area (Å²) >= 11 is 1.51. The molecule has 0 spiro atoms. The van der Waals surface area contributed by atoms with Gasteiger partial charge in [-0.15, -0.1) is 0 Å². The molecule has 2 rings (SSSR count). The predicted octanol–water partition coefficient (Wildman–Crippen LogP) is 3.14. The first-order valence-corrected chi connectivity index (χ1v) is 7.52. The van der Waals surface area contributed by atoms with Gasteiger partial charge in [0, 0.05) is 30.7 Å². The summed E-state index contributed by atoms with van der Waals surface area (Å²) in [6.07, 6.45) is 3.70. The molecule has 2 aromatic heterocycles. The molecule has 106 valence electrons. The van der Waals surface area contributed by atoms with E-state index in [1.165, 1.54) is 17.3 Å². The monoisotopic (exact) mass is 288 g/mol. The first kappa shape index (κ1) is 14.9. The van der Waals surface area contributed by atoms with Crippen LogP contribution in [0.5, 0.6) is 0 Å². The van der Waals surface area contributed by atoms with E-state index in [0.29, 0.717) is 6.04 Å². The third-order valence-electron chi connectivity index (χ3n) is 2.76. The molecule has 0 aromatic carbocycles. The lowest BCUT2D eigenvalue weighted by molar-refractivity contribution is 0.587. The van der Waals surface area contributed by atoms with Crippen molar-refractivity contribution in [1.29, 1.82) is 0 Å². The Bertz CT molecular complexity index is 584. The van der Waals surface area contributed by atoms with Crippen LogP contribution in [0.4, 0.5) is 0 Å². The molecule has 0 saturated carbocycles. The first-order chi connectivity index (χ1) is 9.54. The molecule has 2 aromatic rings. The molecule has 0 amide bonds. The minimum atomic E-state index is 0.477. The maximum atomic E-state index is 4.52. The molecule has 0 aliphatic heterocycles. The first-order valence-electron chi connectivity index (χ1n) is 6.71. The zero-order valence-electron chi connectivity index (χ0n) is 12.3. The Morgan fingerprint density at radius 2 is 2.05 bits per heavy atom. The molecule has 1 N–H and O–H groups in total. The Labute approximate surface area is 124 Å². The van der Waals surface area contributed by atoms with Gasteiger partial charge >= 0.3 is 0 Å². The second kappa shape index (κ2) is 6.81. The van der Waals surface area contributed by atoms with E-state index in [-0.39, 0.29) is 0 Å². The molecule has 0 fully saturated rings. The Balaban J connectivity index is 2.09. The van der Waals surface area contributed by atoms with Crippen LogP contribution < -0.4 is 5.32 Å². The maximum absolute atomic E-state index is 4.52. The molecule has 0 bridgehead atoms. The van der Waals surface area contributed by atoms with E-state index >= 15 is 0 Å². The van der Waals surface area contributed by atoms with Crippen molar-refractivity contribution < 1.29 is 0 Å². The summed E-state index contributed by atoms with van der Waals surface area (Å²) in [6, 6.07) is 4.54. The highest BCUT2D eigenvalue weighted by molar-refractivity contribution is 7.99. The van der Waals surface area contributed by atoms with Gasteiger partial charge in [-0.25, -0.2) is 15.0 Å². The molecular formula is C15H20N4S. The molecule has 0 radical (unpaired) electrons. The van der Waals surface area contributed by atoms with Gasteiger partial charge in [-0.1, -0.05) is 19.9 Å². The highest BCUT2D eigenvalue weighted by Gasteiger charge is 2.07. The zero-order chi connectivity index (χ0) is 14.5. The Kier molecular flexibility index (Phi) is 5.09. The van der Waals surface area contributed by atoms with Crippen LogP contribution >= 0.6 is 11.8 Å². The second-order valence-electron chi connectivity index (χ2n) is 5.08. The Morgan fingerprint density at radius 3 is 2.70 bits per heavy atom. The molecule has 0 aliphatic rings. The van der Waals surface area contributed by atoms with Crippen LogP contribution in [-0.2, 0) is 6.54 Å². The summed E-state index contributed by atoms with van der Waals surface area (Å²) < 4.78 is 0. The van der Waals surface area contributed by atoms with Crippen LogP contribution in [0, 0.1) is 13.8 Å². The molecule has 20 heavy (non-hydrogen) atoms. The van der Waals surface area contributed by atoms with Gasteiger partial charge < -0.3 is 5.32 Å². The van der Waals surface area contributed by atoms with Crippen LogP contribution in [0.25, 0.3) is 0 Å². The van der Waals surface area contributed by atoms with Crippen molar-refractivity contribution in [1.82, 2.24) is 20.3 Å². The number of hydrogen-bond donors (Lipinski definition) is 1.